The molecule has 0 N–H and O–H groups in total. The molecule has 2 heterocycles. The number of nitrogens with zero attached hydrogens (tertiary/aromatic N) is 4. The molecule has 0 radical (unpaired) electrons. The smallest absolute Gasteiger partial charge is 0.187 e. The molecule has 3 aromatic rings. The van der Waals surface area contributed by atoms with Gasteiger partial charge in [-0.1, -0.05) is 35.9 Å². The van der Waals surface area contributed by atoms with Gasteiger partial charge in [-0.25, -0.2) is 14.3 Å². The van der Waals surface area contributed by atoms with E-state index in [0.717, 1.165) is 11.3 Å². The second kappa shape index (κ2) is 4.13. The van der Waals surface area contributed by atoms with E-state index in [1.165, 1.54) is 0 Å². The van der Waals surface area contributed by atoms with Crippen molar-refractivity contribution in [2.75, 3.05) is 0 Å². The predicted molar refractivity (Wildman–Crippen MR) is 69.7 cm³/mol. The van der Waals surface area contributed by atoms with Crippen LogP contribution in [0.4, 0.5) is 5.69 Å². The van der Waals surface area contributed by atoms with Crippen molar-refractivity contribution >= 4 is 22.9 Å². The highest BCUT2D eigenvalue weighted by Crippen LogP contribution is 2.23. The van der Waals surface area contributed by atoms with Gasteiger partial charge in [0, 0.05) is 12.3 Å². The number of benzene rings is 1. The van der Waals surface area contributed by atoms with Crippen LogP contribution in [0.3, 0.4) is 0 Å². The Balaban J connectivity index is 2.14. The van der Waals surface area contributed by atoms with Gasteiger partial charge in [0.2, 0.25) is 0 Å². The van der Waals surface area contributed by atoms with Crippen LogP contribution in [0.1, 0.15) is 0 Å². The molecule has 0 aliphatic rings. The molecule has 0 amide bonds. The molecule has 0 aliphatic heterocycles. The van der Waals surface area contributed by atoms with Gasteiger partial charge < -0.3 is 0 Å². The third-order valence-electron chi connectivity index (χ3n) is 2.60. The highest BCUT2D eigenvalue weighted by molar-refractivity contribution is 6.29. The number of halogens is 1. The van der Waals surface area contributed by atoms with Gasteiger partial charge in [-0.3, -0.25) is 0 Å². The fraction of sp³-hybridized carbons (Fsp3) is 0. The van der Waals surface area contributed by atoms with Gasteiger partial charge in [0.05, 0.1) is 12.3 Å². The lowest BCUT2D eigenvalue weighted by molar-refractivity contribution is 0.944. The predicted octanol–water partition coefficient (Wildman–Crippen LogP) is 3.60. The Kier molecular flexibility index (Phi) is 2.47. The molecule has 0 aliphatic carbocycles. The van der Waals surface area contributed by atoms with Gasteiger partial charge in [0.15, 0.2) is 11.3 Å². The molecule has 0 unspecified atom stereocenters. The molecular formula is C13H7ClN4. The topological polar surface area (TPSA) is 34.5 Å². The monoisotopic (exact) mass is 254 g/mol. The summed E-state index contributed by atoms with van der Waals surface area (Å²) >= 11 is 6.03. The zero-order valence-electron chi connectivity index (χ0n) is 9.21. The van der Waals surface area contributed by atoms with Crippen molar-refractivity contribution in [1.29, 1.82) is 0 Å². The van der Waals surface area contributed by atoms with Crippen LogP contribution in [0.25, 0.3) is 21.7 Å². The first-order chi connectivity index (χ1) is 8.78. The first kappa shape index (κ1) is 10.8. The molecule has 5 heteroatoms. The van der Waals surface area contributed by atoms with Crippen LogP contribution in [0.2, 0.25) is 5.15 Å². The molecule has 1 aromatic carbocycles. The summed E-state index contributed by atoms with van der Waals surface area (Å²) in [6.45, 7) is 6.91. The Labute approximate surface area is 108 Å². The summed E-state index contributed by atoms with van der Waals surface area (Å²) in [5.41, 5.74) is 3.03. The van der Waals surface area contributed by atoms with Gasteiger partial charge in [0.25, 0.3) is 0 Å². The Morgan fingerprint density at radius 2 is 1.94 bits per heavy atom. The SMILES string of the molecule is [C-]#[N+]c1ccc(-c2cc3nccc(Cl)n3n2)cc1. The highest BCUT2D eigenvalue weighted by Gasteiger charge is 2.07. The van der Waals surface area contributed by atoms with Crippen LogP contribution < -0.4 is 0 Å². The van der Waals surface area contributed by atoms with E-state index >= 15 is 0 Å². The standard InChI is InChI=1S/C13H7ClN4/c1-15-10-4-2-9(3-5-10)11-8-13-16-7-6-12(14)18(13)17-11/h2-8H. The molecular weight excluding hydrogens is 248 g/mol. The number of hydrogen-bond donors (Lipinski definition) is 0. The van der Waals surface area contributed by atoms with Crippen molar-refractivity contribution in [3.05, 3.63) is 59.2 Å². The van der Waals surface area contributed by atoms with Crippen LogP contribution in [-0.4, -0.2) is 14.6 Å². The number of rotatable bonds is 1. The lowest BCUT2D eigenvalue weighted by Gasteiger charge is -1.96. The Hall–Kier alpha value is -2.38. The average Bonchev–Trinajstić information content (AvgIpc) is 2.84. The van der Waals surface area contributed by atoms with Crippen molar-refractivity contribution in [1.82, 2.24) is 14.6 Å². The second-order valence-electron chi connectivity index (χ2n) is 3.73. The molecule has 3 rings (SSSR count). The Bertz CT molecular complexity index is 753. The normalized spacial score (nSPS) is 10.4. The van der Waals surface area contributed by atoms with Crippen molar-refractivity contribution in [3.63, 3.8) is 0 Å². The molecule has 18 heavy (non-hydrogen) atoms. The molecule has 4 nitrogen and oxygen atoms in total. The summed E-state index contributed by atoms with van der Waals surface area (Å²) in [6.07, 6.45) is 1.64. The molecule has 86 valence electrons. The van der Waals surface area contributed by atoms with Gasteiger partial charge >= 0.3 is 0 Å². The van der Waals surface area contributed by atoms with Gasteiger partial charge in [0.1, 0.15) is 5.15 Å². The maximum absolute atomic E-state index is 6.91. The van der Waals surface area contributed by atoms with E-state index in [0.29, 0.717) is 16.5 Å². The molecule has 0 fully saturated rings. The zero-order valence-corrected chi connectivity index (χ0v) is 9.96. The van der Waals surface area contributed by atoms with E-state index in [4.69, 9.17) is 18.2 Å². The van der Waals surface area contributed by atoms with Crippen molar-refractivity contribution < 1.29 is 0 Å². The van der Waals surface area contributed by atoms with E-state index in [2.05, 4.69) is 14.9 Å². The Morgan fingerprint density at radius 3 is 2.61 bits per heavy atom. The van der Waals surface area contributed by atoms with Crippen LogP contribution in [0.5, 0.6) is 0 Å². The van der Waals surface area contributed by atoms with Crippen LogP contribution >= 0.6 is 11.6 Å². The summed E-state index contributed by atoms with van der Waals surface area (Å²) in [6, 6.07) is 10.8. The third-order valence-corrected chi connectivity index (χ3v) is 2.89. The Morgan fingerprint density at radius 1 is 1.17 bits per heavy atom. The lowest BCUT2D eigenvalue weighted by Crippen LogP contribution is -1.90. The first-order valence-electron chi connectivity index (χ1n) is 5.26. The van der Waals surface area contributed by atoms with Crippen LogP contribution in [0, 0.1) is 6.57 Å². The average molecular weight is 255 g/mol. The number of hydrogen-bond acceptors (Lipinski definition) is 2. The van der Waals surface area contributed by atoms with Crippen molar-refractivity contribution in [3.8, 4) is 11.3 Å². The van der Waals surface area contributed by atoms with Crippen molar-refractivity contribution in [2.45, 2.75) is 0 Å². The highest BCUT2D eigenvalue weighted by atomic mass is 35.5. The third kappa shape index (κ3) is 1.71. The molecule has 0 atom stereocenters. The minimum absolute atomic E-state index is 0.518. The molecule has 0 saturated heterocycles. The summed E-state index contributed by atoms with van der Waals surface area (Å²) in [5.74, 6) is 0. The maximum atomic E-state index is 6.91. The first-order valence-corrected chi connectivity index (χ1v) is 5.64. The minimum Gasteiger partial charge on any atom is -0.238 e. The van der Waals surface area contributed by atoms with Gasteiger partial charge in [-0.05, 0) is 11.6 Å². The van der Waals surface area contributed by atoms with Gasteiger partial charge in [-0.2, -0.15) is 5.10 Å². The van der Waals surface area contributed by atoms with E-state index in [9.17, 15) is 0 Å². The van der Waals surface area contributed by atoms with Crippen molar-refractivity contribution in [2.24, 2.45) is 0 Å². The summed E-state index contributed by atoms with van der Waals surface area (Å²) in [4.78, 5) is 7.54. The summed E-state index contributed by atoms with van der Waals surface area (Å²) < 4.78 is 1.58. The van der Waals surface area contributed by atoms with E-state index < -0.39 is 0 Å². The van der Waals surface area contributed by atoms with E-state index in [-0.39, 0.29) is 0 Å². The zero-order chi connectivity index (χ0) is 12.5. The van der Waals surface area contributed by atoms with Gasteiger partial charge in [-0.15, -0.1) is 0 Å². The number of fused-ring (bicyclic) bond motifs is 1. The fourth-order valence-corrected chi connectivity index (χ4v) is 1.89. The lowest BCUT2D eigenvalue weighted by atomic mass is 10.1. The van der Waals surface area contributed by atoms with Crippen LogP contribution in [0.15, 0.2) is 42.6 Å². The largest absolute Gasteiger partial charge is 0.238 e. The molecule has 0 spiro atoms. The summed E-state index contributed by atoms with van der Waals surface area (Å²) in [5, 5.41) is 4.90. The number of aromatic nitrogens is 3. The maximum Gasteiger partial charge on any atom is 0.187 e. The molecule has 2 aromatic heterocycles. The quantitative estimate of drug-likeness (QED) is 0.491. The summed E-state index contributed by atoms with van der Waals surface area (Å²) in [7, 11) is 0. The van der Waals surface area contributed by atoms with Crippen LogP contribution in [-0.2, 0) is 0 Å². The second-order valence-corrected chi connectivity index (χ2v) is 4.11. The van der Waals surface area contributed by atoms with E-state index in [1.54, 1.807) is 28.9 Å². The molecule has 0 bridgehead atoms. The minimum atomic E-state index is 0.518. The van der Waals surface area contributed by atoms with E-state index in [1.807, 2.05) is 18.2 Å². The molecule has 0 saturated carbocycles. The fourth-order valence-electron chi connectivity index (χ4n) is 1.71.